The molecule has 212 valence electrons. The molecule has 2 aromatic carbocycles. The van der Waals surface area contributed by atoms with Crippen LogP contribution in [0, 0.1) is 5.82 Å². The zero-order chi connectivity index (χ0) is 28.1. The lowest BCUT2D eigenvalue weighted by atomic mass is 9.94. The van der Waals surface area contributed by atoms with Crippen molar-refractivity contribution in [2.75, 3.05) is 11.9 Å². The highest BCUT2D eigenvalue weighted by Gasteiger charge is 2.38. The molecule has 1 unspecified atom stereocenters. The summed E-state index contributed by atoms with van der Waals surface area (Å²) in [5, 5.41) is 8.56. The van der Waals surface area contributed by atoms with Gasteiger partial charge >= 0.3 is 5.97 Å². The molecule has 1 atom stereocenters. The van der Waals surface area contributed by atoms with E-state index >= 15 is 0 Å². The van der Waals surface area contributed by atoms with Crippen molar-refractivity contribution in [3.63, 3.8) is 0 Å². The monoisotopic (exact) mass is 628 g/mol. The smallest absolute Gasteiger partial charge is 0.338 e. The van der Waals surface area contributed by atoms with Crippen LogP contribution in [0.4, 0.5) is 10.3 Å². The zero-order valence-electron chi connectivity index (χ0n) is 22.8. The number of carbonyl (C=O) groups is 1. The Labute approximate surface area is 247 Å². The molecule has 1 saturated carbocycles. The number of aromatic nitrogens is 3. The van der Waals surface area contributed by atoms with Crippen LogP contribution < -0.4 is 10.1 Å². The summed E-state index contributed by atoms with van der Waals surface area (Å²) >= 11 is 4.95. The molecule has 0 spiro atoms. The summed E-state index contributed by atoms with van der Waals surface area (Å²) in [5.41, 5.74) is 2.51. The number of nitrogens with one attached hydrogen (secondary N) is 1. The van der Waals surface area contributed by atoms with Crippen LogP contribution in [0.2, 0.25) is 0 Å². The van der Waals surface area contributed by atoms with E-state index in [0.717, 1.165) is 48.6 Å². The number of benzene rings is 2. The van der Waals surface area contributed by atoms with Crippen LogP contribution in [0.3, 0.4) is 0 Å². The number of allylic oxidation sites excluding steroid dienone is 1. The molecule has 3 aromatic rings. The molecule has 1 fully saturated rings. The summed E-state index contributed by atoms with van der Waals surface area (Å²) in [4.78, 5) is 18.5. The standard InChI is InChI=1S/C30H34BrFN4O3S/c1-3-4-16-38-25-15-14-21(31)17-23(25)27-26(28(37)39-22-11-6-5-7-12-22)19(2)33-29-34-30(35-36(27)29)40-18-20-10-8-9-13-24(20)32/h8-10,13-15,17,22,27H,3-7,11-12,16,18H2,1-2H3,(H,33,34,35). The lowest BCUT2D eigenvalue weighted by Crippen LogP contribution is -2.32. The van der Waals surface area contributed by atoms with Crippen molar-refractivity contribution < 1.29 is 18.7 Å². The number of carbonyl (C=O) groups excluding carboxylic acids is 1. The Kier molecular flexibility index (Phi) is 9.47. The van der Waals surface area contributed by atoms with Gasteiger partial charge < -0.3 is 14.8 Å². The van der Waals surface area contributed by atoms with Gasteiger partial charge in [-0.05, 0) is 68.9 Å². The molecular weight excluding hydrogens is 595 g/mol. The number of fused-ring (bicyclic) bond motifs is 1. The second-order valence-corrected chi connectivity index (χ2v) is 12.0. The Hall–Kier alpha value is -2.85. The van der Waals surface area contributed by atoms with Crippen molar-refractivity contribution in [2.45, 2.75) is 81.8 Å². The quantitative estimate of drug-likeness (QED) is 0.139. The Morgan fingerprint density at radius 1 is 1.20 bits per heavy atom. The molecule has 1 aromatic heterocycles. The first-order chi connectivity index (χ1) is 19.4. The molecule has 2 aliphatic rings. The lowest BCUT2D eigenvalue weighted by Gasteiger charge is -2.31. The summed E-state index contributed by atoms with van der Waals surface area (Å²) in [6, 6.07) is 11.9. The predicted molar refractivity (Wildman–Crippen MR) is 158 cm³/mol. The number of halogens is 2. The molecular formula is C30H34BrFN4O3S. The second-order valence-electron chi connectivity index (χ2n) is 10.2. The third-order valence-electron chi connectivity index (χ3n) is 7.22. The number of hydrogen-bond acceptors (Lipinski definition) is 7. The molecule has 0 radical (unpaired) electrons. The molecule has 40 heavy (non-hydrogen) atoms. The average molecular weight is 630 g/mol. The van der Waals surface area contributed by atoms with Crippen molar-refractivity contribution in [1.29, 1.82) is 0 Å². The first-order valence-electron chi connectivity index (χ1n) is 13.9. The maximum atomic E-state index is 14.2. The minimum Gasteiger partial charge on any atom is -0.493 e. The minimum atomic E-state index is -0.614. The number of nitrogens with zero attached hydrogens (tertiary/aromatic N) is 3. The second kappa shape index (κ2) is 13.2. The van der Waals surface area contributed by atoms with Gasteiger partial charge in [-0.1, -0.05) is 65.7 Å². The largest absolute Gasteiger partial charge is 0.493 e. The molecule has 0 saturated heterocycles. The molecule has 5 rings (SSSR count). The van der Waals surface area contributed by atoms with Crippen molar-refractivity contribution in [2.24, 2.45) is 0 Å². The van der Waals surface area contributed by atoms with E-state index in [0.29, 0.717) is 46.0 Å². The summed E-state index contributed by atoms with van der Waals surface area (Å²) in [6.45, 7) is 4.55. The summed E-state index contributed by atoms with van der Waals surface area (Å²) in [5.74, 6) is 0.950. The van der Waals surface area contributed by atoms with Crippen LogP contribution in [-0.2, 0) is 15.3 Å². The van der Waals surface area contributed by atoms with E-state index in [9.17, 15) is 9.18 Å². The van der Waals surface area contributed by atoms with Gasteiger partial charge in [0.1, 0.15) is 23.7 Å². The molecule has 2 heterocycles. The first kappa shape index (κ1) is 28.7. The van der Waals surface area contributed by atoms with E-state index in [1.807, 2.05) is 31.2 Å². The highest BCUT2D eigenvalue weighted by atomic mass is 79.9. The summed E-state index contributed by atoms with van der Waals surface area (Å²) < 4.78 is 29.1. The van der Waals surface area contributed by atoms with Crippen LogP contribution in [0.15, 0.2) is 63.4 Å². The van der Waals surface area contributed by atoms with Crippen LogP contribution in [-0.4, -0.2) is 33.4 Å². The third-order valence-corrected chi connectivity index (χ3v) is 8.60. The van der Waals surface area contributed by atoms with Gasteiger partial charge in [0.05, 0.1) is 12.2 Å². The van der Waals surface area contributed by atoms with Gasteiger partial charge in [0.25, 0.3) is 0 Å². The van der Waals surface area contributed by atoms with E-state index in [2.05, 4.69) is 28.2 Å². The fourth-order valence-electron chi connectivity index (χ4n) is 5.09. The third kappa shape index (κ3) is 6.54. The van der Waals surface area contributed by atoms with Gasteiger partial charge in [-0.25, -0.2) is 13.9 Å². The van der Waals surface area contributed by atoms with E-state index in [4.69, 9.17) is 19.6 Å². The number of esters is 1. The highest BCUT2D eigenvalue weighted by molar-refractivity contribution is 9.10. The maximum absolute atomic E-state index is 14.2. The number of thioether (sulfide) groups is 1. The molecule has 1 aliphatic carbocycles. The Balaban J connectivity index is 1.52. The SMILES string of the molecule is CCCCOc1ccc(Br)cc1C1C(C(=O)OC2CCCCC2)=C(C)Nc2nc(SCc3ccccc3F)nn21. The van der Waals surface area contributed by atoms with Crippen molar-refractivity contribution in [3.05, 3.63) is 75.2 Å². The fourth-order valence-corrected chi connectivity index (χ4v) is 6.29. The lowest BCUT2D eigenvalue weighted by molar-refractivity contribution is -0.146. The topological polar surface area (TPSA) is 78.3 Å². The van der Waals surface area contributed by atoms with Crippen LogP contribution in [0.25, 0.3) is 0 Å². The number of ether oxygens (including phenoxy) is 2. The molecule has 0 amide bonds. The Bertz CT molecular complexity index is 1390. The highest BCUT2D eigenvalue weighted by Crippen LogP contribution is 2.42. The predicted octanol–water partition coefficient (Wildman–Crippen LogP) is 7.82. The van der Waals surface area contributed by atoms with Gasteiger partial charge in [0.15, 0.2) is 0 Å². The number of hydrogen-bond donors (Lipinski definition) is 1. The number of anilines is 1. The fraction of sp³-hybridized carbons (Fsp3) is 0.433. The molecule has 10 heteroatoms. The Morgan fingerprint density at radius 3 is 2.77 bits per heavy atom. The summed E-state index contributed by atoms with van der Waals surface area (Å²) in [7, 11) is 0. The van der Waals surface area contributed by atoms with Crippen molar-refractivity contribution >= 4 is 39.6 Å². The van der Waals surface area contributed by atoms with Crippen LogP contribution >= 0.6 is 27.7 Å². The zero-order valence-corrected chi connectivity index (χ0v) is 25.2. The van der Waals surface area contributed by atoms with Crippen molar-refractivity contribution in [1.82, 2.24) is 14.8 Å². The van der Waals surface area contributed by atoms with Gasteiger partial charge in [0.2, 0.25) is 11.1 Å². The number of rotatable bonds is 10. The van der Waals surface area contributed by atoms with Gasteiger partial charge in [-0.15, -0.1) is 5.10 Å². The first-order valence-corrected chi connectivity index (χ1v) is 15.7. The van der Waals surface area contributed by atoms with Gasteiger partial charge in [-0.3, -0.25) is 0 Å². The molecule has 1 N–H and O–H groups in total. The minimum absolute atomic E-state index is 0.0889. The molecule has 1 aliphatic heterocycles. The molecule has 0 bridgehead atoms. The van der Waals surface area contributed by atoms with Gasteiger partial charge in [0, 0.05) is 21.5 Å². The maximum Gasteiger partial charge on any atom is 0.338 e. The van der Waals surface area contributed by atoms with Gasteiger partial charge in [-0.2, -0.15) is 4.98 Å². The summed E-state index contributed by atoms with van der Waals surface area (Å²) in [6.07, 6.45) is 6.89. The van der Waals surface area contributed by atoms with E-state index < -0.39 is 6.04 Å². The van der Waals surface area contributed by atoms with Crippen LogP contribution in [0.1, 0.15) is 76.0 Å². The van der Waals surface area contributed by atoms with E-state index in [1.54, 1.807) is 16.8 Å². The molecule has 7 nitrogen and oxygen atoms in total. The average Bonchev–Trinajstić information content (AvgIpc) is 3.35. The van der Waals surface area contributed by atoms with E-state index in [-0.39, 0.29) is 17.9 Å². The normalized spacial score (nSPS) is 17.4. The van der Waals surface area contributed by atoms with E-state index in [1.165, 1.54) is 24.2 Å². The Morgan fingerprint density at radius 2 is 2.00 bits per heavy atom. The van der Waals surface area contributed by atoms with Crippen LogP contribution in [0.5, 0.6) is 5.75 Å². The number of unbranched alkanes of at least 4 members (excludes halogenated alkanes) is 1. The van der Waals surface area contributed by atoms with Crippen molar-refractivity contribution in [3.8, 4) is 5.75 Å².